The first-order valence-electron chi connectivity index (χ1n) is 5.98. The highest BCUT2D eigenvalue weighted by Crippen LogP contribution is 2.15. The number of hydrogen-bond donors (Lipinski definition) is 1. The summed E-state index contributed by atoms with van der Waals surface area (Å²) in [4.78, 5) is 5.92. The number of hydrogen-bond acceptors (Lipinski definition) is 3. The molecule has 2 aromatic heterocycles. The zero-order valence-corrected chi connectivity index (χ0v) is 11.4. The van der Waals surface area contributed by atoms with Gasteiger partial charge in [-0.1, -0.05) is 6.07 Å². The van der Waals surface area contributed by atoms with E-state index in [0.29, 0.717) is 6.04 Å². The van der Waals surface area contributed by atoms with Crippen LogP contribution in [0.1, 0.15) is 30.5 Å². The maximum absolute atomic E-state index is 4.51. The molecular weight excluding hydrogens is 230 g/mol. The Balaban J connectivity index is 1.94. The van der Waals surface area contributed by atoms with Gasteiger partial charge < -0.3 is 9.88 Å². The monoisotopic (exact) mass is 249 g/mol. The van der Waals surface area contributed by atoms with Crippen LogP contribution in [-0.4, -0.2) is 16.1 Å². The molecule has 2 heterocycles. The Morgan fingerprint density at radius 1 is 1.47 bits per heavy atom. The molecule has 0 radical (unpaired) electrons. The van der Waals surface area contributed by atoms with Gasteiger partial charge in [0.05, 0.1) is 5.69 Å². The molecule has 17 heavy (non-hydrogen) atoms. The van der Waals surface area contributed by atoms with E-state index in [9.17, 15) is 0 Å². The standard InChI is InChI=1S/C13H19N3S/c1-10(2)16-9-11(3)15-13(16)14-7-6-12-5-4-8-17-12/h4-5,8-10H,6-7H2,1-3H3,(H,14,15). The fourth-order valence-corrected chi connectivity index (χ4v) is 2.50. The predicted molar refractivity (Wildman–Crippen MR) is 73.9 cm³/mol. The van der Waals surface area contributed by atoms with Crippen LogP contribution < -0.4 is 5.32 Å². The minimum Gasteiger partial charge on any atom is -0.355 e. The molecular formula is C13H19N3S. The van der Waals surface area contributed by atoms with E-state index in [1.54, 1.807) is 11.3 Å². The largest absolute Gasteiger partial charge is 0.355 e. The van der Waals surface area contributed by atoms with Crippen LogP contribution in [0.5, 0.6) is 0 Å². The van der Waals surface area contributed by atoms with E-state index >= 15 is 0 Å². The second-order valence-electron chi connectivity index (χ2n) is 4.46. The fourth-order valence-electron chi connectivity index (χ4n) is 1.79. The Kier molecular flexibility index (Phi) is 3.84. The molecule has 0 saturated carbocycles. The Hall–Kier alpha value is -1.29. The van der Waals surface area contributed by atoms with E-state index in [0.717, 1.165) is 24.6 Å². The van der Waals surface area contributed by atoms with E-state index in [2.05, 4.69) is 52.4 Å². The Morgan fingerprint density at radius 2 is 2.29 bits per heavy atom. The van der Waals surface area contributed by atoms with Gasteiger partial charge in [0.25, 0.3) is 0 Å². The van der Waals surface area contributed by atoms with E-state index in [-0.39, 0.29) is 0 Å². The van der Waals surface area contributed by atoms with Gasteiger partial charge in [0.2, 0.25) is 5.95 Å². The number of anilines is 1. The summed E-state index contributed by atoms with van der Waals surface area (Å²) in [5.74, 6) is 0.981. The van der Waals surface area contributed by atoms with Crippen molar-refractivity contribution in [2.75, 3.05) is 11.9 Å². The van der Waals surface area contributed by atoms with Crippen LogP contribution in [0.25, 0.3) is 0 Å². The number of thiophene rings is 1. The molecule has 0 bridgehead atoms. The summed E-state index contributed by atoms with van der Waals surface area (Å²) >= 11 is 1.81. The number of nitrogens with one attached hydrogen (secondary N) is 1. The Labute approximate surface area is 107 Å². The van der Waals surface area contributed by atoms with Gasteiger partial charge in [0, 0.05) is 23.7 Å². The molecule has 0 spiro atoms. The number of nitrogens with zero attached hydrogens (tertiary/aromatic N) is 2. The molecule has 0 aromatic carbocycles. The van der Waals surface area contributed by atoms with Crippen molar-refractivity contribution in [3.8, 4) is 0 Å². The molecule has 0 unspecified atom stereocenters. The molecule has 1 N–H and O–H groups in total. The molecule has 2 rings (SSSR count). The molecule has 0 saturated heterocycles. The number of rotatable bonds is 5. The molecule has 2 aromatic rings. The summed E-state index contributed by atoms with van der Waals surface area (Å²) in [5.41, 5.74) is 1.07. The normalized spacial score (nSPS) is 11.1. The molecule has 0 atom stereocenters. The van der Waals surface area contributed by atoms with Crippen LogP contribution in [0, 0.1) is 6.92 Å². The zero-order chi connectivity index (χ0) is 12.3. The van der Waals surface area contributed by atoms with Gasteiger partial charge in [-0.2, -0.15) is 0 Å². The molecule has 0 amide bonds. The molecule has 92 valence electrons. The Morgan fingerprint density at radius 3 is 2.94 bits per heavy atom. The quantitative estimate of drug-likeness (QED) is 0.879. The van der Waals surface area contributed by atoms with Crippen molar-refractivity contribution in [3.05, 3.63) is 34.3 Å². The van der Waals surface area contributed by atoms with Gasteiger partial charge in [-0.05, 0) is 38.6 Å². The maximum atomic E-state index is 4.51. The number of imidazole rings is 1. The first kappa shape index (κ1) is 12.2. The minimum absolute atomic E-state index is 0.445. The second-order valence-corrected chi connectivity index (χ2v) is 5.50. The topological polar surface area (TPSA) is 29.9 Å². The van der Waals surface area contributed by atoms with Crippen LogP contribution in [0.15, 0.2) is 23.7 Å². The van der Waals surface area contributed by atoms with E-state index in [4.69, 9.17) is 0 Å². The lowest BCUT2D eigenvalue weighted by Crippen LogP contribution is -2.11. The lowest BCUT2D eigenvalue weighted by atomic mass is 10.3. The van der Waals surface area contributed by atoms with Crippen LogP contribution in [0.4, 0.5) is 5.95 Å². The molecule has 0 aliphatic heterocycles. The molecule has 0 fully saturated rings. The predicted octanol–water partition coefficient (Wildman–Crippen LogP) is 3.49. The smallest absolute Gasteiger partial charge is 0.203 e. The van der Waals surface area contributed by atoms with Gasteiger partial charge in [-0.3, -0.25) is 0 Å². The van der Waals surface area contributed by atoms with Crippen molar-refractivity contribution in [1.82, 2.24) is 9.55 Å². The highest BCUT2D eigenvalue weighted by molar-refractivity contribution is 7.09. The van der Waals surface area contributed by atoms with Gasteiger partial charge in [-0.25, -0.2) is 4.98 Å². The van der Waals surface area contributed by atoms with Crippen molar-refractivity contribution < 1.29 is 0 Å². The third-order valence-electron chi connectivity index (χ3n) is 2.64. The molecule has 0 aliphatic carbocycles. The van der Waals surface area contributed by atoms with Crippen LogP contribution in [0.2, 0.25) is 0 Å². The minimum atomic E-state index is 0.445. The summed E-state index contributed by atoms with van der Waals surface area (Å²) in [5, 5.41) is 5.53. The van der Waals surface area contributed by atoms with Gasteiger partial charge in [0.15, 0.2) is 0 Å². The summed E-state index contributed by atoms with van der Waals surface area (Å²) in [6.07, 6.45) is 3.15. The summed E-state index contributed by atoms with van der Waals surface area (Å²) in [6, 6.07) is 4.71. The van der Waals surface area contributed by atoms with E-state index < -0.39 is 0 Å². The van der Waals surface area contributed by atoms with Crippen molar-refractivity contribution in [3.63, 3.8) is 0 Å². The lowest BCUT2D eigenvalue weighted by Gasteiger charge is -2.12. The zero-order valence-electron chi connectivity index (χ0n) is 10.6. The Bertz CT molecular complexity index is 457. The summed E-state index contributed by atoms with van der Waals surface area (Å²) < 4.78 is 2.18. The number of aromatic nitrogens is 2. The molecule has 3 nitrogen and oxygen atoms in total. The first-order valence-corrected chi connectivity index (χ1v) is 6.86. The highest BCUT2D eigenvalue weighted by atomic mass is 32.1. The second kappa shape index (κ2) is 5.36. The van der Waals surface area contributed by atoms with Crippen molar-refractivity contribution in [1.29, 1.82) is 0 Å². The first-order chi connectivity index (χ1) is 8.16. The molecule has 4 heteroatoms. The van der Waals surface area contributed by atoms with E-state index in [1.807, 2.05) is 6.92 Å². The maximum Gasteiger partial charge on any atom is 0.203 e. The van der Waals surface area contributed by atoms with Crippen molar-refractivity contribution in [2.24, 2.45) is 0 Å². The van der Waals surface area contributed by atoms with Gasteiger partial charge in [-0.15, -0.1) is 11.3 Å². The fraction of sp³-hybridized carbons (Fsp3) is 0.462. The van der Waals surface area contributed by atoms with Gasteiger partial charge >= 0.3 is 0 Å². The SMILES string of the molecule is Cc1cn(C(C)C)c(NCCc2cccs2)n1. The average Bonchev–Trinajstić information content (AvgIpc) is 2.88. The lowest BCUT2D eigenvalue weighted by molar-refractivity contribution is 0.604. The summed E-state index contributed by atoms with van der Waals surface area (Å²) in [6.45, 7) is 7.31. The summed E-state index contributed by atoms with van der Waals surface area (Å²) in [7, 11) is 0. The third-order valence-corrected chi connectivity index (χ3v) is 3.58. The van der Waals surface area contributed by atoms with Crippen LogP contribution in [-0.2, 0) is 6.42 Å². The van der Waals surface area contributed by atoms with E-state index in [1.165, 1.54) is 4.88 Å². The highest BCUT2D eigenvalue weighted by Gasteiger charge is 2.07. The average molecular weight is 249 g/mol. The van der Waals surface area contributed by atoms with Gasteiger partial charge in [0.1, 0.15) is 0 Å². The molecule has 0 aliphatic rings. The van der Waals surface area contributed by atoms with Crippen molar-refractivity contribution in [2.45, 2.75) is 33.2 Å². The van der Waals surface area contributed by atoms with Crippen molar-refractivity contribution >= 4 is 17.3 Å². The third kappa shape index (κ3) is 3.09. The number of aryl methyl sites for hydroxylation is 1. The van der Waals surface area contributed by atoms with Crippen LogP contribution >= 0.6 is 11.3 Å². The van der Waals surface area contributed by atoms with Crippen LogP contribution in [0.3, 0.4) is 0 Å².